The van der Waals surface area contributed by atoms with E-state index in [0.717, 1.165) is 34.0 Å². The van der Waals surface area contributed by atoms with Crippen molar-refractivity contribution in [2.24, 2.45) is 0 Å². The Balaban J connectivity index is 1.35. The number of pyridine rings is 1. The SMILES string of the molecule is CC(C)(C)OC(=O)n1cc(Cn2ccc3c(NC(=O)Nc4ccc(OC(F)(F)F)cc4)cccc32)c2cccnc21. The topological polar surface area (TPSA) is 99.4 Å². The average Bonchev–Trinajstić information content (AvgIpc) is 3.46. The van der Waals surface area contributed by atoms with Crippen molar-refractivity contribution in [1.29, 1.82) is 0 Å². The summed E-state index contributed by atoms with van der Waals surface area (Å²) < 4.78 is 49.9. The molecule has 5 aromatic rings. The summed E-state index contributed by atoms with van der Waals surface area (Å²) in [5, 5.41) is 6.95. The Morgan fingerprint density at radius 1 is 0.927 bits per heavy atom. The Morgan fingerprint density at radius 3 is 2.39 bits per heavy atom. The molecule has 3 heterocycles. The van der Waals surface area contributed by atoms with Crippen molar-refractivity contribution in [3.63, 3.8) is 0 Å². The lowest BCUT2D eigenvalue weighted by atomic mass is 10.2. The number of alkyl halides is 3. The molecule has 0 unspecified atom stereocenters. The quantitative estimate of drug-likeness (QED) is 0.232. The summed E-state index contributed by atoms with van der Waals surface area (Å²) in [4.78, 5) is 29.9. The van der Waals surface area contributed by atoms with Gasteiger partial charge in [-0.1, -0.05) is 6.07 Å². The number of rotatable bonds is 5. The molecule has 0 saturated carbocycles. The Morgan fingerprint density at radius 2 is 1.68 bits per heavy atom. The standard InChI is InChI=1S/C29H26F3N5O4/c1-28(2,3)41-27(39)37-17-18(21-6-5-14-33-25(21)37)16-36-15-13-22-23(7-4-8-24(22)36)35-26(38)34-19-9-11-20(12-10-19)40-29(30,31)32/h4-15,17H,16H2,1-3H3,(H2,34,35,38). The van der Waals surface area contributed by atoms with Crippen molar-refractivity contribution < 1.29 is 32.2 Å². The molecule has 2 N–H and O–H groups in total. The highest BCUT2D eigenvalue weighted by molar-refractivity contribution is 6.06. The number of carbonyl (C=O) groups excluding carboxylic acids is 2. The van der Waals surface area contributed by atoms with E-state index in [1.54, 1.807) is 51.4 Å². The first-order valence-corrected chi connectivity index (χ1v) is 12.6. The van der Waals surface area contributed by atoms with Gasteiger partial charge in [-0.15, -0.1) is 13.2 Å². The molecule has 5 rings (SSSR count). The van der Waals surface area contributed by atoms with E-state index in [-0.39, 0.29) is 11.4 Å². The lowest BCUT2D eigenvalue weighted by Gasteiger charge is -2.19. The second kappa shape index (κ2) is 10.5. The van der Waals surface area contributed by atoms with Gasteiger partial charge in [0.25, 0.3) is 0 Å². The van der Waals surface area contributed by atoms with E-state index in [2.05, 4.69) is 20.4 Å². The predicted molar refractivity (Wildman–Crippen MR) is 148 cm³/mol. The minimum absolute atomic E-state index is 0.289. The molecule has 0 aliphatic carbocycles. The highest BCUT2D eigenvalue weighted by atomic mass is 19.4. The number of amides is 2. The Hall–Kier alpha value is -5.00. The molecule has 0 bridgehead atoms. The molecule has 0 aliphatic rings. The van der Waals surface area contributed by atoms with Crippen LogP contribution in [-0.4, -0.2) is 38.2 Å². The molecule has 0 aliphatic heterocycles. The summed E-state index contributed by atoms with van der Waals surface area (Å²) in [6.45, 7) is 5.81. The molecule has 0 radical (unpaired) electrons. The van der Waals surface area contributed by atoms with Gasteiger partial charge >= 0.3 is 18.5 Å². The van der Waals surface area contributed by atoms with Gasteiger partial charge in [0, 0.05) is 41.6 Å². The summed E-state index contributed by atoms with van der Waals surface area (Å²) in [7, 11) is 0. The molecule has 3 aromatic heterocycles. The second-order valence-corrected chi connectivity index (χ2v) is 10.2. The lowest BCUT2D eigenvalue weighted by molar-refractivity contribution is -0.274. The second-order valence-electron chi connectivity index (χ2n) is 10.2. The first kappa shape index (κ1) is 27.6. The number of urea groups is 1. The fraction of sp³-hybridized carbons (Fsp3) is 0.207. The number of fused-ring (bicyclic) bond motifs is 2. The normalized spacial score (nSPS) is 12.0. The van der Waals surface area contributed by atoms with Crippen LogP contribution in [0.3, 0.4) is 0 Å². The highest BCUT2D eigenvalue weighted by Gasteiger charge is 2.31. The number of hydrogen-bond acceptors (Lipinski definition) is 5. The van der Waals surface area contributed by atoms with Crippen LogP contribution in [0.25, 0.3) is 21.9 Å². The van der Waals surface area contributed by atoms with Crippen molar-refractivity contribution in [2.45, 2.75) is 39.3 Å². The van der Waals surface area contributed by atoms with Gasteiger partial charge < -0.3 is 24.7 Å². The number of hydrogen-bond donors (Lipinski definition) is 2. The van der Waals surface area contributed by atoms with E-state index in [9.17, 15) is 22.8 Å². The number of nitrogens with one attached hydrogen (secondary N) is 2. The minimum atomic E-state index is -4.80. The number of carbonyl (C=O) groups is 2. The first-order chi connectivity index (χ1) is 19.4. The fourth-order valence-corrected chi connectivity index (χ4v) is 4.38. The van der Waals surface area contributed by atoms with Crippen molar-refractivity contribution in [2.75, 3.05) is 10.6 Å². The van der Waals surface area contributed by atoms with E-state index in [4.69, 9.17) is 4.74 Å². The van der Waals surface area contributed by atoms with Crippen molar-refractivity contribution >= 4 is 45.4 Å². The number of halogens is 3. The lowest BCUT2D eigenvalue weighted by Crippen LogP contribution is -2.26. The van der Waals surface area contributed by atoms with E-state index in [1.165, 1.54) is 16.7 Å². The Kier molecular flexibility index (Phi) is 7.08. The van der Waals surface area contributed by atoms with Gasteiger partial charge in [-0.25, -0.2) is 19.1 Å². The zero-order valence-electron chi connectivity index (χ0n) is 22.3. The maximum atomic E-state index is 12.8. The van der Waals surface area contributed by atoms with E-state index in [1.807, 2.05) is 29.0 Å². The van der Waals surface area contributed by atoms with Crippen molar-refractivity contribution in [3.8, 4) is 5.75 Å². The molecule has 2 amide bonds. The summed E-state index contributed by atoms with van der Waals surface area (Å²) in [6, 6.07) is 15.3. The monoisotopic (exact) mass is 565 g/mol. The summed E-state index contributed by atoms with van der Waals surface area (Å²) in [5.74, 6) is -0.389. The van der Waals surface area contributed by atoms with Crippen LogP contribution in [-0.2, 0) is 11.3 Å². The van der Waals surface area contributed by atoms with Crippen LogP contribution < -0.4 is 15.4 Å². The third-order valence-electron chi connectivity index (χ3n) is 5.98. The smallest absolute Gasteiger partial charge is 0.443 e. The molecule has 212 valence electrons. The summed E-state index contributed by atoms with van der Waals surface area (Å²) >= 11 is 0. The third-order valence-corrected chi connectivity index (χ3v) is 5.98. The van der Waals surface area contributed by atoms with Gasteiger partial charge in [-0.3, -0.25) is 0 Å². The minimum Gasteiger partial charge on any atom is -0.443 e. The molecule has 2 aromatic carbocycles. The maximum Gasteiger partial charge on any atom is 0.573 e. The maximum absolute atomic E-state index is 12.8. The molecule has 12 heteroatoms. The van der Waals surface area contributed by atoms with E-state index in [0.29, 0.717) is 17.9 Å². The predicted octanol–water partition coefficient (Wildman–Crippen LogP) is 7.37. The largest absolute Gasteiger partial charge is 0.573 e. The fourth-order valence-electron chi connectivity index (χ4n) is 4.38. The van der Waals surface area contributed by atoms with Gasteiger partial charge in [0.05, 0.1) is 11.2 Å². The van der Waals surface area contributed by atoms with Crippen LogP contribution in [0.4, 0.5) is 34.1 Å². The number of anilines is 2. The Bertz CT molecular complexity index is 1730. The van der Waals surface area contributed by atoms with Gasteiger partial charge in [0.2, 0.25) is 0 Å². The molecule has 41 heavy (non-hydrogen) atoms. The molecule has 0 saturated heterocycles. The summed E-state index contributed by atoms with van der Waals surface area (Å²) in [6.07, 6.45) is -0.109. The molecule has 0 atom stereocenters. The number of benzene rings is 2. The molecule has 9 nitrogen and oxygen atoms in total. The van der Waals surface area contributed by atoms with Crippen molar-refractivity contribution in [3.05, 3.63) is 84.8 Å². The third kappa shape index (κ3) is 6.43. The van der Waals surface area contributed by atoms with E-state index >= 15 is 0 Å². The Labute approximate surface area is 232 Å². The number of aromatic nitrogens is 3. The first-order valence-electron chi connectivity index (χ1n) is 12.6. The van der Waals surface area contributed by atoms with Crippen LogP contribution in [0.1, 0.15) is 26.3 Å². The molecular weight excluding hydrogens is 539 g/mol. The zero-order valence-corrected chi connectivity index (χ0v) is 22.3. The summed E-state index contributed by atoms with van der Waals surface area (Å²) in [5.41, 5.74) is 2.33. The zero-order chi connectivity index (χ0) is 29.4. The van der Waals surface area contributed by atoms with Gasteiger partial charge in [-0.05, 0) is 80.9 Å². The molecule has 0 fully saturated rings. The van der Waals surface area contributed by atoms with Gasteiger partial charge in [0.15, 0.2) is 0 Å². The van der Waals surface area contributed by atoms with Crippen LogP contribution in [0.15, 0.2) is 79.3 Å². The van der Waals surface area contributed by atoms with Crippen LogP contribution in [0, 0.1) is 0 Å². The molecule has 0 spiro atoms. The van der Waals surface area contributed by atoms with Gasteiger partial charge in [0.1, 0.15) is 17.0 Å². The number of nitrogens with zero attached hydrogens (tertiary/aromatic N) is 3. The van der Waals surface area contributed by atoms with Crippen LogP contribution in [0.2, 0.25) is 0 Å². The average molecular weight is 566 g/mol. The van der Waals surface area contributed by atoms with Gasteiger partial charge in [-0.2, -0.15) is 0 Å². The van der Waals surface area contributed by atoms with E-state index < -0.39 is 24.1 Å². The molecular formula is C29H26F3N5O4. The van der Waals surface area contributed by atoms with Crippen LogP contribution in [0.5, 0.6) is 5.75 Å². The number of ether oxygens (including phenoxy) is 2. The highest BCUT2D eigenvalue weighted by Crippen LogP contribution is 2.28. The van der Waals surface area contributed by atoms with Crippen LogP contribution >= 0.6 is 0 Å². The van der Waals surface area contributed by atoms with Crippen molar-refractivity contribution in [1.82, 2.24) is 14.1 Å².